The third-order valence-corrected chi connectivity index (χ3v) is 7.98. The minimum Gasteiger partial charge on any atom is -0.377 e. The normalized spacial score (nSPS) is 21.8. The lowest BCUT2D eigenvalue weighted by atomic mass is 9.86. The number of nitrogens with zero attached hydrogens (tertiary/aromatic N) is 4. The predicted octanol–water partition coefficient (Wildman–Crippen LogP) is 3.86. The highest BCUT2D eigenvalue weighted by Crippen LogP contribution is 2.41. The molecule has 3 aliphatic rings. The van der Waals surface area contributed by atoms with Gasteiger partial charge in [0.05, 0.1) is 36.9 Å². The summed E-state index contributed by atoms with van der Waals surface area (Å²) in [7, 11) is 0. The van der Waals surface area contributed by atoms with E-state index in [0.717, 1.165) is 34.2 Å². The quantitative estimate of drug-likeness (QED) is 0.636. The van der Waals surface area contributed by atoms with Crippen molar-refractivity contribution in [2.45, 2.75) is 38.8 Å². The second kappa shape index (κ2) is 8.14. The third kappa shape index (κ3) is 3.59. The number of aryl methyl sites for hydroxylation is 1. The number of anilines is 2. The summed E-state index contributed by atoms with van der Waals surface area (Å²) in [5.74, 6) is 0.488. The number of carbonyl (C=O) groups is 1. The number of aliphatic imine (C=N–C) groups is 1. The van der Waals surface area contributed by atoms with E-state index in [9.17, 15) is 9.18 Å². The first kappa shape index (κ1) is 20.7. The van der Waals surface area contributed by atoms with E-state index in [1.165, 1.54) is 22.8 Å². The Bertz CT molecular complexity index is 1290. The lowest BCUT2D eigenvalue weighted by molar-refractivity contribution is -0.143. The number of aromatic nitrogens is 2. The Kier molecular flexibility index (Phi) is 5.10. The molecule has 1 N–H and O–H groups in total. The molecule has 7 nitrogen and oxygen atoms in total. The minimum absolute atomic E-state index is 0.0241. The molecule has 1 aromatic carbocycles. The molecule has 0 spiro atoms. The fourth-order valence-electron chi connectivity index (χ4n) is 5.06. The van der Waals surface area contributed by atoms with Gasteiger partial charge in [-0.15, -0.1) is 11.3 Å². The molecule has 0 radical (unpaired) electrons. The van der Waals surface area contributed by atoms with Crippen LogP contribution in [0.1, 0.15) is 34.9 Å². The van der Waals surface area contributed by atoms with E-state index in [0.29, 0.717) is 44.2 Å². The van der Waals surface area contributed by atoms with Crippen LogP contribution < -0.4 is 5.32 Å². The molecule has 0 bridgehead atoms. The maximum absolute atomic E-state index is 14.7. The molecule has 0 unspecified atom stereocenters. The highest BCUT2D eigenvalue weighted by Gasteiger charge is 2.34. The van der Waals surface area contributed by atoms with Gasteiger partial charge in [-0.1, -0.05) is 0 Å². The fraction of sp³-hybridized carbons (Fsp3) is 0.417. The third-order valence-electron chi connectivity index (χ3n) is 6.82. The van der Waals surface area contributed by atoms with E-state index in [1.807, 2.05) is 11.8 Å². The summed E-state index contributed by atoms with van der Waals surface area (Å²) in [6.45, 7) is 4.43. The summed E-state index contributed by atoms with van der Waals surface area (Å²) in [6, 6.07) is 3.44. The number of carbonyl (C=O) groups excluding carboxylic acids is 1. The van der Waals surface area contributed by atoms with Gasteiger partial charge in [0, 0.05) is 23.6 Å². The Morgan fingerprint density at radius 1 is 1.33 bits per heavy atom. The number of nitrogens with one attached hydrogen (secondary N) is 1. The number of morpholine rings is 1. The molecule has 170 valence electrons. The van der Waals surface area contributed by atoms with E-state index in [4.69, 9.17) is 4.74 Å². The summed E-state index contributed by atoms with van der Waals surface area (Å²) < 4.78 is 20.2. The second-order valence-electron chi connectivity index (χ2n) is 8.93. The SMILES string of the molecule is C[C@H]1COCCN1C(=O)[C@H]1CCc2c(sc3ncnc(Nc4cc5c(cc4F)CN=C5)c23)C1. The zero-order valence-electron chi connectivity index (χ0n) is 18.3. The molecule has 1 aliphatic carbocycles. The minimum atomic E-state index is -0.319. The van der Waals surface area contributed by atoms with Crippen LogP contribution in [-0.2, 0) is 28.9 Å². The second-order valence-corrected chi connectivity index (χ2v) is 10.0. The number of ether oxygens (including phenoxy) is 1. The van der Waals surface area contributed by atoms with Crippen molar-refractivity contribution >= 4 is 45.2 Å². The molecule has 4 heterocycles. The van der Waals surface area contributed by atoms with Crippen LogP contribution >= 0.6 is 11.3 Å². The molecule has 9 heteroatoms. The van der Waals surface area contributed by atoms with Gasteiger partial charge in [0.25, 0.3) is 0 Å². The van der Waals surface area contributed by atoms with E-state index in [2.05, 4.69) is 20.3 Å². The van der Waals surface area contributed by atoms with Crippen LogP contribution in [0.3, 0.4) is 0 Å². The molecule has 2 aromatic heterocycles. The topological polar surface area (TPSA) is 79.7 Å². The Morgan fingerprint density at radius 3 is 3.12 bits per heavy atom. The number of thiophene rings is 1. The highest BCUT2D eigenvalue weighted by molar-refractivity contribution is 7.19. The van der Waals surface area contributed by atoms with Crippen molar-refractivity contribution < 1.29 is 13.9 Å². The van der Waals surface area contributed by atoms with Crippen LogP contribution in [0.2, 0.25) is 0 Å². The first-order valence-corrected chi connectivity index (χ1v) is 12.1. The van der Waals surface area contributed by atoms with Gasteiger partial charge in [0.1, 0.15) is 22.8 Å². The average Bonchev–Trinajstić information content (AvgIpc) is 3.42. The molecular weight excluding hydrogens is 441 g/mol. The van der Waals surface area contributed by atoms with Crippen molar-refractivity contribution in [1.29, 1.82) is 0 Å². The number of amides is 1. The molecule has 6 rings (SSSR count). The number of rotatable bonds is 3. The van der Waals surface area contributed by atoms with Crippen LogP contribution in [-0.4, -0.2) is 52.8 Å². The standard InChI is InChI=1S/C24H24FN5O2S/c1-13-11-32-5-4-30(13)24(31)14-2-3-17-20(8-14)33-23-21(17)22(27-12-28-23)29-19-7-16-10-26-9-15(16)6-18(19)25/h6-7,10,12-14H,2-5,8-9,11H2,1H3,(H,27,28,29)/t13-,14-/m0/s1. The van der Waals surface area contributed by atoms with Crippen molar-refractivity contribution in [3.8, 4) is 0 Å². The Hall–Kier alpha value is -2.91. The number of hydrogen-bond acceptors (Lipinski definition) is 7. The van der Waals surface area contributed by atoms with Gasteiger partial charge in [0.15, 0.2) is 0 Å². The van der Waals surface area contributed by atoms with Crippen molar-refractivity contribution in [3.05, 3.63) is 45.8 Å². The smallest absolute Gasteiger partial charge is 0.226 e. The molecule has 1 saturated heterocycles. The predicted molar refractivity (Wildman–Crippen MR) is 126 cm³/mol. The van der Waals surface area contributed by atoms with Crippen LogP contribution in [0.4, 0.5) is 15.9 Å². The molecule has 2 atom stereocenters. The van der Waals surface area contributed by atoms with Crippen LogP contribution in [0.5, 0.6) is 0 Å². The van der Waals surface area contributed by atoms with Gasteiger partial charge in [0.2, 0.25) is 5.91 Å². The largest absolute Gasteiger partial charge is 0.377 e. The van der Waals surface area contributed by atoms with Crippen molar-refractivity contribution in [1.82, 2.24) is 14.9 Å². The summed E-state index contributed by atoms with van der Waals surface area (Å²) in [5, 5.41) is 4.14. The summed E-state index contributed by atoms with van der Waals surface area (Å²) in [5.41, 5.74) is 3.38. The lowest BCUT2D eigenvalue weighted by Gasteiger charge is -2.36. The van der Waals surface area contributed by atoms with Crippen molar-refractivity contribution in [3.63, 3.8) is 0 Å². The molecule has 2 aliphatic heterocycles. The van der Waals surface area contributed by atoms with E-state index in [-0.39, 0.29) is 23.7 Å². The lowest BCUT2D eigenvalue weighted by Crippen LogP contribution is -2.50. The van der Waals surface area contributed by atoms with Crippen LogP contribution in [0.15, 0.2) is 23.5 Å². The molecular formula is C24H24FN5O2S. The molecule has 3 aromatic rings. The zero-order valence-corrected chi connectivity index (χ0v) is 19.1. The Morgan fingerprint density at radius 2 is 2.24 bits per heavy atom. The van der Waals surface area contributed by atoms with Crippen molar-refractivity contribution in [2.24, 2.45) is 10.9 Å². The molecule has 0 saturated carbocycles. The van der Waals surface area contributed by atoms with E-state index in [1.54, 1.807) is 23.6 Å². The Balaban J connectivity index is 1.30. The van der Waals surface area contributed by atoms with Crippen LogP contribution in [0.25, 0.3) is 10.2 Å². The van der Waals surface area contributed by atoms with E-state index < -0.39 is 0 Å². The van der Waals surface area contributed by atoms with E-state index >= 15 is 0 Å². The number of halogens is 1. The maximum atomic E-state index is 14.7. The van der Waals surface area contributed by atoms with Gasteiger partial charge in [-0.05, 0) is 55.0 Å². The van der Waals surface area contributed by atoms with Gasteiger partial charge in [-0.25, -0.2) is 14.4 Å². The maximum Gasteiger partial charge on any atom is 0.226 e. The fourth-order valence-corrected chi connectivity index (χ4v) is 6.33. The highest BCUT2D eigenvalue weighted by atomic mass is 32.1. The summed E-state index contributed by atoms with van der Waals surface area (Å²) in [4.78, 5) is 30.4. The first-order chi connectivity index (χ1) is 16.1. The molecule has 1 fully saturated rings. The average molecular weight is 466 g/mol. The number of hydrogen-bond donors (Lipinski definition) is 1. The Labute approximate surface area is 194 Å². The van der Waals surface area contributed by atoms with Gasteiger partial charge < -0.3 is 15.0 Å². The number of fused-ring (bicyclic) bond motifs is 4. The van der Waals surface area contributed by atoms with Crippen molar-refractivity contribution in [2.75, 3.05) is 25.1 Å². The first-order valence-electron chi connectivity index (χ1n) is 11.3. The monoisotopic (exact) mass is 465 g/mol. The summed E-state index contributed by atoms with van der Waals surface area (Å²) in [6.07, 6.45) is 5.57. The van der Waals surface area contributed by atoms with Gasteiger partial charge >= 0.3 is 0 Å². The number of benzene rings is 1. The van der Waals surface area contributed by atoms with Crippen LogP contribution in [0, 0.1) is 11.7 Å². The summed E-state index contributed by atoms with van der Waals surface area (Å²) >= 11 is 1.62. The van der Waals surface area contributed by atoms with Gasteiger partial charge in [-0.3, -0.25) is 9.79 Å². The molecule has 1 amide bonds. The van der Waals surface area contributed by atoms with Gasteiger partial charge in [-0.2, -0.15) is 0 Å². The zero-order chi connectivity index (χ0) is 22.5. The molecule has 33 heavy (non-hydrogen) atoms.